The second-order valence-corrected chi connectivity index (χ2v) is 6.29. The van der Waals surface area contributed by atoms with Crippen LogP contribution in [0.5, 0.6) is 0 Å². The van der Waals surface area contributed by atoms with E-state index in [4.69, 9.17) is 4.42 Å². The summed E-state index contributed by atoms with van der Waals surface area (Å²) in [7, 11) is 2.15. The summed E-state index contributed by atoms with van der Waals surface area (Å²) in [6.45, 7) is 8.58. The number of hydrogen-bond acceptors (Lipinski definition) is 4. The molecule has 0 spiro atoms. The summed E-state index contributed by atoms with van der Waals surface area (Å²) in [6.07, 6.45) is 4.14. The van der Waals surface area contributed by atoms with Crippen molar-refractivity contribution >= 4 is 29.9 Å². The maximum atomic E-state index is 5.57. The van der Waals surface area contributed by atoms with Crippen LogP contribution >= 0.6 is 24.0 Å². The van der Waals surface area contributed by atoms with Crippen LogP contribution in [0.25, 0.3) is 11.5 Å². The predicted molar refractivity (Wildman–Crippen MR) is 123 cm³/mol. The molecule has 6 nitrogen and oxygen atoms in total. The average Bonchev–Trinajstić information content (AvgIpc) is 3.14. The van der Waals surface area contributed by atoms with Gasteiger partial charge in [0.05, 0.1) is 6.54 Å². The molecule has 2 N–H and O–H groups in total. The van der Waals surface area contributed by atoms with Gasteiger partial charge in [0.1, 0.15) is 12.0 Å². The van der Waals surface area contributed by atoms with Gasteiger partial charge in [0.2, 0.25) is 5.89 Å². The lowest BCUT2D eigenvalue weighted by Gasteiger charge is -2.17. The third-order valence-corrected chi connectivity index (χ3v) is 4.00. The lowest BCUT2D eigenvalue weighted by molar-refractivity contribution is 0.332. The molecule has 0 aliphatic heterocycles. The SMILES string of the molecule is CCCCN(C)CCNC(=NCc1coc(-c2ccccc2)n1)NCC.I. The summed E-state index contributed by atoms with van der Waals surface area (Å²) in [5.41, 5.74) is 1.80. The number of likely N-dealkylation sites (N-methyl/N-ethyl adjacent to an activating group) is 1. The number of nitrogens with zero attached hydrogens (tertiary/aromatic N) is 3. The number of nitrogens with one attached hydrogen (secondary N) is 2. The lowest BCUT2D eigenvalue weighted by atomic mass is 10.2. The Hall–Kier alpha value is -1.61. The van der Waals surface area contributed by atoms with Gasteiger partial charge >= 0.3 is 0 Å². The van der Waals surface area contributed by atoms with Crippen molar-refractivity contribution in [3.8, 4) is 11.5 Å². The summed E-state index contributed by atoms with van der Waals surface area (Å²) >= 11 is 0. The molecular weight excluding hydrogens is 453 g/mol. The fourth-order valence-electron chi connectivity index (χ4n) is 2.50. The van der Waals surface area contributed by atoms with Crippen molar-refractivity contribution in [1.29, 1.82) is 0 Å². The normalized spacial score (nSPS) is 11.3. The highest BCUT2D eigenvalue weighted by Crippen LogP contribution is 2.18. The van der Waals surface area contributed by atoms with Crippen molar-refractivity contribution in [1.82, 2.24) is 20.5 Å². The molecule has 0 saturated carbocycles. The third kappa shape index (κ3) is 8.75. The Bertz CT molecular complexity index is 659. The fourth-order valence-corrected chi connectivity index (χ4v) is 2.50. The van der Waals surface area contributed by atoms with Gasteiger partial charge in [-0.2, -0.15) is 0 Å². The van der Waals surface area contributed by atoms with Gasteiger partial charge in [0.15, 0.2) is 5.96 Å². The molecule has 0 saturated heterocycles. The molecule has 0 atom stereocenters. The zero-order valence-electron chi connectivity index (χ0n) is 16.6. The summed E-state index contributed by atoms with van der Waals surface area (Å²) < 4.78 is 5.57. The first-order chi connectivity index (χ1) is 12.7. The van der Waals surface area contributed by atoms with Crippen LogP contribution in [0, 0.1) is 0 Å². The van der Waals surface area contributed by atoms with Gasteiger partial charge in [0.25, 0.3) is 0 Å². The van der Waals surface area contributed by atoms with E-state index in [-0.39, 0.29) is 24.0 Å². The number of aliphatic imine (C=N–C) groups is 1. The Morgan fingerprint density at radius 3 is 2.63 bits per heavy atom. The summed E-state index contributed by atoms with van der Waals surface area (Å²) in [4.78, 5) is 11.5. The molecule has 0 unspecified atom stereocenters. The highest BCUT2D eigenvalue weighted by atomic mass is 127. The van der Waals surface area contributed by atoms with Gasteiger partial charge in [-0.3, -0.25) is 0 Å². The van der Waals surface area contributed by atoms with Crippen LogP contribution in [0.2, 0.25) is 0 Å². The van der Waals surface area contributed by atoms with Crippen LogP contribution in [0.15, 0.2) is 46.0 Å². The summed E-state index contributed by atoms with van der Waals surface area (Å²) in [5, 5.41) is 6.65. The summed E-state index contributed by atoms with van der Waals surface area (Å²) in [6, 6.07) is 9.90. The second-order valence-electron chi connectivity index (χ2n) is 6.29. The van der Waals surface area contributed by atoms with E-state index in [2.05, 4.69) is 46.4 Å². The van der Waals surface area contributed by atoms with Crippen LogP contribution < -0.4 is 10.6 Å². The smallest absolute Gasteiger partial charge is 0.226 e. The molecule has 0 bridgehead atoms. The van der Waals surface area contributed by atoms with Gasteiger partial charge in [0, 0.05) is 25.2 Å². The minimum absolute atomic E-state index is 0. The van der Waals surface area contributed by atoms with Crippen LogP contribution in [0.1, 0.15) is 32.4 Å². The fraction of sp³-hybridized carbons (Fsp3) is 0.500. The number of unbranched alkanes of at least 4 members (excludes halogenated alkanes) is 1. The second kappa shape index (κ2) is 13.5. The first-order valence-corrected chi connectivity index (χ1v) is 9.43. The molecule has 0 radical (unpaired) electrons. The average molecular weight is 485 g/mol. The van der Waals surface area contributed by atoms with Crippen molar-refractivity contribution in [2.45, 2.75) is 33.2 Å². The highest BCUT2D eigenvalue weighted by Gasteiger charge is 2.06. The van der Waals surface area contributed by atoms with E-state index >= 15 is 0 Å². The topological polar surface area (TPSA) is 65.7 Å². The number of aromatic nitrogens is 1. The van der Waals surface area contributed by atoms with Crippen LogP contribution in [-0.4, -0.2) is 49.1 Å². The largest absolute Gasteiger partial charge is 0.444 e. The number of benzene rings is 1. The van der Waals surface area contributed by atoms with E-state index in [9.17, 15) is 0 Å². The maximum absolute atomic E-state index is 5.57. The number of rotatable bonds is 10. The lowest BCUT2D eigenvalue weighted by Crippen LogP contribution is -2.41. The Morgan fingerprint density at radius 1 is 1.15 bits per heavy atom. The molecule has 1 aromatic heterocycles. The summed E-state index contributed by atoms with van der Waals surface area (Å²) in [5.74, 6) is 1.44. The minimum Gasteiger partial charge on any atom is -0.444 e. The molecule has 2 aromatic rings. The van der Waals surface area contributed by atoms with Crippen molar-refractivity contribution in [2.75, 3.05) is 33.2 Å². The Kier molecular flexibility index (Phi) is 11.8. The molecule has 150 valence electrons. The molecule has 0 aliphatic rings. The monoisotopic (exact) mass is 485 g/mol. The van der Waals surface area contributed by atoms with Gasteiger partial charge in [-0.1, -0.05) is 31.5 Å². The number of hydrogen-bond donors (Lipinski definition) is 2. The standard InChI is InChI=1S/C20H31N5O.HI/c1-4-6-13-25(3)14-12-22-20(21-5-2)23-15-18-16-26-19(24-18)17-10-8-7-9-11-17;/h7-11,16H,4-6,12-15H2,1-3H3,(H2,21,22,23);1H. The van der Waals surface area contributed by atoms with Crippen molar-refractivity contribution in [3.63, 3.8) is 0 Å². The maximum Gasteiger partial charge on any atom is 0.226 e. The van der Waals surface area contributed by atoms with Crippen LogP contribution in [-0.2, 0) is 6.54 Å². The van der Waals surface area contributed by atoms with E-state index in [0.29, 0.717) is 12.4 Å². The molecule has 1 heterocycles. The first kappa shape index (κ1) is 23.4. The van der Waals surface area contributed by atoms with Gasteiger partial charge in [-0.15, -0.1) is 24.0 Å². The van der Waals surface area contributed by atoms with Gasteiger partial charge in [-0.25, -0.2) is 9.98 Å². The van der Waals surface area contributed by atoms with E-state index in [1.807, 2.05) is 30.3 Å². The number of oxazole rings is 1. The predicted octanol–water partition coefficient (Wildman–Crippen LogP) is 3.75. The number of guanidine groups is 1. The van der Waals surface area contributed by atoms with Gasteiger partial charge < -0.3 is 20.0 Å². The van der Waals surface area contributed by atoms with Crippen molar-refractivity contribution in [2.24, 2.45) is 4.99 Å². The molecule has 7 heteroatoms. The molecular formula is C20H32IN5O. The van der Waals surface area contributed by atoms with E-state index < -0.39 is 0 Å². The quantitative estimate of drug-likeness (QED) is 0.305. The Labute approximate surface area is 179 Å². The zero-order chi connectivity index (χ0) is 18.6. The number of halogens is 1. The van der Waals surface area contributed by atoms with Crippen molar-refractivity contribution < 1.29 is 4.42 Å². The Balaban J connectivity index is 0.00000364. The van der Waals surface area contributed by atoms with Gasteiger partial charge in [-0.05, 0) is 39.1 Å². The molecule has 2 rings (SSSR count). The zero-order valence-corrected chi connectivity index (χ0v) is 18.9. The molecule has 27 heavy (non-hydrogen) atoms. The molecule has 0 fully saturated rings. The first-order valence-electron chi connectivity index (χ1n) is 9.43. The van der Waals surface area contributed by atoms with E-state index in [0.717, 1.165) is 43.4 Å². The highest BCUT2D eigenvalue weighted by molar-refractivity contribution is 14.0. The molecule has 0 amide bonds. The van der Waals surface area contributed by atoms with E-state index in [1.54, 1.807) is 6.26 Å². The van der Waals surface area contributed by atoms with E-state index in [1.165, 1.54) is 12.8 Å². The molecule has 0 aliphatic carbocycles. The molecule has 1 aromatic carbocycles. The third-order valence-electron chi connectivity index (χ3n) is 4.00. The van der Waals surface area contributed by atoms with Crippen LogP contribution in [0.3, 0.4) is 0 Å². The Morgan fingerprint density at radius 2 is 1.93 bits per heavy atom. The van der Waals surface area contributed by atoms with Crippen LogP contribution in [0.4, 0.5) is 0 Å². The minimum atomic E-state index is 0. The van der Waals surface area contributed by atoms with Crippen molar-refractivity contribution in [3.05, 3.63) is 42.3 Å².